The summed E-state index contributed by atoms with van der Waals surface area (Å²) in [5.41, 5.74) is 0. The topological polar surface area (TPSA) is 74.2 Å². The van der Waals surface area contributed by atoms with Crippen molar-refractivity contribution in [2.45, 2.75) is 13.3 Å². The molecule has 1 atom stereocenters. The van der Waals surface area contributed by atoms with Gasteiger partial charge in [-0.15, -0.1) is 0 Å². The molecule has 0 bridgehead atoms. The zero-order valence-electron chi connectivity index (χ0n) is 10.3. The van der Waals surface area contributed by atoms with Gasteiger partial charge in [-0.1, -0.05) is 6.92 Å². The molecular formula is C10H18ClN5O. The summed E-state index contributed by atoms with van der Waals surface area (Å²) >= 11 is 5.80. The van der Waals surface area contributed by atoms with E-state index in [0.29, 0.717) is 24.4 Å². The first kappa shape index (κ1) is 13.9. The third-order valence-electron chi connectivity index (χ3n) is 2.23. The molecule has 0 aliphatic carbocycles. The molecule has 1 aromatic heterocycles. The predicted octanol–water partition coefficient (Wildman–Crippen LogP) is 1.02. The van der Waals surface area contributed by atoms with Gasteiger partial charge in [0.2, 0.25) is 17.2 Å². The average Bonchev–Trinajstić information content (AvgIpc) is 2.26. The fraction of sp³-hybridized carbons (Fsp3) is 0.700. The molecule has 1 rings (SSSR count). The Morgan fingerprint density at radius 2 is 2.06 bits per heavy atom. The van der Waals surface area contributed by atoms with Crippen LogP contribution in [0.5, 0.6) is 0 Å². The first-order chi connectivity index (χ1) is 8.02. The van der Waals surface area contributed by atoms with E-state index in [1.807, 2.05) is 21.0 Å². The standard InChI is InChI=1S/C10H18ClN5O/c1-7(4-5-17)6-12-9-13-8(11)14-10(15-9)16(2)3/h7,17H,4-6H2,1-3H3,(H,12,13,14,15). The zero-order chi connectivity index (χ0) is 12.8. The molecular weight excluding hydrogens is 242 g/mol. The predicted molar refractivity (Wildman–Crippen MR) is 68.5 cm³/mol. The van der Waals surface area contributed by atoms with Crippen molar-refractivity contribution in [3.8, 4) is 0 Å². The van der Waals surface area contributed by atoms with E-state index in [0.717, 1.165) is 6.42 Å². The molecule has 0 saturated heterocycles. The molecule has 0 aromatic carbocycles. The van der Waals surface area contributed by atoms with Crippen molar-refractivity contribution >= 4 is 23.5 Å². The highest BCUT2D eigenvalue weighted by atomic mass is 35.5. The maximum atomic E-state index is 8.80. The van der Waals surface area contributed by atoms with E-state index >= 15 is 0 Å². The van der Waals surface area contributed by atoms with Crippen LogP contribution in [0.3, 0.4) is 0 Å². The quantitative estimate of drug-likeness (QED) is 0.795. The lowest BCUT2D eigenvalue weighted by atomic mass is 10.1. The molecule has 17 heavy (non-hydrogen) atoms. The Morgan fingerprint density at radius 1 is 1.35 bits per heavy atom. The number of hydrogen-bond acceptors (Lipinski definition) is 6. The van der Waals surface area contributed by atoms with Gasteiger partial charge in [0, 0.05) is 27.2 Å². The number of nitrogens with one attached hydrogen (secondary N) is 1. The molecule has 0 amide bonds. The number of halogens is 1. The molecule has 0 spiro atoms. The number of nitrogens with zero attached hydrogens (tertiary/aromatic N) is 4. The van der Waals surface area contributed by atoms with Crippen molar-refractivity contribution in [3.05, 3.63) is 5.28 Å². The summed E-state index contributed by atoms with van der Waals surface area (Å²) < 4.78 is 0. The fourth-order valence-corrected chi connectivity index (χ4v) is 1.36. The van der Waals surface area contributed by atoms with Crippen molar-refractivity contribution < 1.29 is 5.11 Å². The number of anilines is 2. The monoisotopic (exact) mass is 259 g/mol. The number of rotatable bonds is 6. The van der Waals surface area contributed by atoms with Crippen molar-refractivity contribution in [2.24, 2.45) is 5.92 Å². The Morgan fingerprint density at radius 3 is 2.65 bits per heavy atom. The summed E-state index contributed by atoms with van der Waals surface area (Å²) in [6.45, 7) is 2.91. The van der Waals surface area contributed by atoms with Gasteiger partial charge in [-0.25, -0.2) is 0 Å². The lowest BCUT2D eigenvalue weighted by molar-refractivity contribution is 0.265. The van der Waals surface area contributed by atoms with Crippen LogP contribution in [-0.2, 0) is 0 Å². The van der Waals surface area contributed by atoms with Gasteiger partial charge < -0.3 is 15.3 Å². The van der Waals surface area contributed by atoms with Gasteiger partial charge in [0.25, 0.3) is 0 Å². The first-order valence-corrected chi connectivity index (χ1v) is 5.84. The Bertz CT molecular complexity index is 361. The summed E-state index contributed by atoms with van der Waals surface area (Å²) in [5.74, 6) is 1.32. The summed E-state index contributed by atoms with van der Waals surface area (Å²) in [4.78, 5) is 13.9. The van der Waals surface area contributed by atoms with Crippen molar-refractivity contribution in [1.82, 2.24) is 15.0 Å². The molecule has 0 fully saturated rings. The highest BCUT2D eigenvalue weighted by Crippen LogP contribution is 2.12. The lowest BCUT2D eigenvalue weighted by Crippen LogP contribution is -2.18. The van der Waals surface area contributed by atoms with Gasteiger partial charge >= 0.3 is 0 Å². The van der Waals surface area contributed by atoms with E-state index in [2.05, 4.69) is 20.3 Å². The molecule has 0 radical (unpaired) electrons. The van der Waals surface area contributed by atoms with E-state index in [1.165, 1.54) is 0 Å². The average molecular weight is 260 g/mol. The van der Waals surface area contributed by atoms with E-state index in [4.69, 9.17) is 16.7 Å². The normalized spacial score (nSPS) is 12.3. The molecule has 0 saturated carbocycles. The van der Waals surface area contributed by atoms with E-state index < -0.39 is 0 Å². The lowest BCUT2D eigenvalue weighted by Gasteiger charge is -2.13. The highest BCUT2D eigenvalue weighted by molar-refractivity contribution is 6.28. The van der Waals surface area contributed by atoms with Gasteiger partial charge in [0.15, 0.2) is 0 Å². The zero-order valence-corrected chi connectivity index (χ0v) is 11.1. The minimum Gasteiger partial charge on any atom is -0.396 e. The summed E-state index contributed by atoms with van der Waals surface area (Å²) in [5, 5.41) is 12.0. The van der Waals surface area contributed by atoms with Crippen LogP contribution < -0.4 is 10.2 Å². The van der Waals surface area contributed by atoms with Crippen LogP contribution in [0.2, 0.25) is 5.28 Å². The van der Waals surface area contributed by atoms with Gasteiger partial charge in [0.1, 0.15) is 0 Å². The second-order valence-corrected chi connectivity index (χ2v) is 4.46. The van der Waals surface area contributed by atoms with Crippen LogP contribution in [0.1, 0.15) is 13.3 Å². The molecule has 2 N–H and O–H groups in total. The SMILES string of the molecule is CC(CCO)CNc1nc(Cl)nc(N(C)C)n1. The molecule has 7 heteroatoms. The maximum absolute atomic E-state index is 8.80. The van der Waals surface area contributed by atoms with Crippen LogP contribution in [-0.4, -0.2) is 47.3 Å². The number of aliphatic hydroxyl groups is 1. The minimum atomic E-state index is 0.168. The maximum Gasteiger partial charge on any atom is 0.230 e. The number of aliphatic hydroxyl groups excluding tert-OH is 1. The summed E-state index contributed by atoms with van der Waals surface area (Å²) in [6, 6.07) is 0. The third-order valence-corrected chi connectivity index (χ3v) is 2.40. The Balaban J connectivity index is 2.64. The third kappa shape index (κ3) is 4.70. The Kier molecular flexibility index (Phi) is 5.37. The van der Waals surface area contributed by atoms with Crippen LogP contribution in [0.25, 0.3) is 0 Å². The number of aromatic nitrogens is 3. The van der Waals surface area contributed by atoms with E-state index in [9.17, 15) is 0 Å². The molecule has 1 unspecified atom stereocenters. The highest BCUT2D eigenvalue weighted by Gasteiger charge is 2.07. The van der Waals surface area contributed by atoms with E-state index in [1.54, 1.807) is 4.90 Å². The summed E-state index contributed by atoms with van der Waals surface area (Å²) in [6.07, 6.45) is 0.742. The second kappa shape index (κ2) is 6.56. The molecule has 96 valence electrons. The van der Waals surface area contributed by atoms with Crippen molar-refractivity contribution in [2.75, 3.05) is 37.5 Å². The molecule has 6 nitrogen and oxygen atoms in total. The van der Waals surface area contributed by atoms with Crippen LogP contribution in [0.4, 0.5) is 11.9 Å². The first-order valence-electron chi connectivity index (χ1n) is 5.46. The second-order valence-electron chi connectivity index (χ2n) is 4.12. The largest absolute Gasteiger partial charge is 0.396 e. The van der Waals surface area contributed by atoms with Gasteiger partial charge in [-0.3, -0.25) is 0 Å². The van der Waals surface area contributed by atoms with Crippen LogP contribution in [0.15, 0.2) is 0 Å². The van der Waals surface area contributed by atoms with Crippen LogP contribution in [0, 0.1) is 5.92 Å². The smallest absolute Gasteiger partial charge is 0.230 e. The fourth-order valence-electron chi connectivity index (χ4n) is 1.21. The van der Waals surface area contributed by atoms with Crippen LogP contribution >= 0.6 is 11.6 Å². The molecule has 0 aliphatic rings. The Hall–Kier alpha value is -1.14. The van der Waals surface area contributed by atoms with Gasteiger partial charge in [-0.05, 0) is 23.9 Å². The molecule has 1 aromatic rings. The Labute approximate surface area is 106 Å². The molecule has 1 heterocycles. The molecule has 0 aliphatic heterocycles. The van der Waals surface area contributed by atoms with Gasteiger partial charge in [0.05, 0.1) is 0 Å². The van der Waals surface area contributed by atoms with Crippen molar-refractivity contribution in [1.29, 1.82) is 0 Å². The van der Waals surface area contributed by atoms with E-state index in [-0.39, 0.29) is 11.9 Å². The minimum absolute atomic E-state index is 0.168. The van der Waals surface area contributed by atoms with Crippen molar-refractivity contribution in [3.63, 3.8) is 0 Å². The van der Waals surface area contributed by atoms with Gasteiger partial charge in [-0.2, -0.15) is 15.0 Å². The summed E-state index contributed by atoms with van der Waals surface area (Å²) in [7, 11) is 3.67. The number of hydrogen-bond donors (Lipinski definition) is 2.